The highest BCUT2D eigenvalue weighted by molar-refractivity contribution is 7.95. The molecular formula is C17H22F8O5S. The molecule has 4 aliphatic rings. The normalized spacial score (nSPS) is 31.5. The summed E-state index contributed by atoms with van der Waals surface area (Å²) in [4.78, 5) is 0. The molecule has 4 aliphatic carbocycles. The number of hydrogen-bond donors (Lipinski definition) is 1. The van der Waals surface area contributed by atoms with Crippen LogP contribution in [0.25, 0.3) is 0 Å². The Bertz CT molecular complexity index is 600. The molecule has 0 aromatic rings. The fourth-order valence-electron chi connectivity index (χ4n) is 5.34. The first kappa shape index (κ1) is 25.2. The summed E-state index contributed by atoms with van der Waals surface area (Å²) in [5.74, 6) is -3.65. The van der Waals surface area contributed by atoms with Gasteiger partial charge in [-0.25, -0.2) is 9.99 Å². The summed E-state index contributed by atoms with van der Waals surface area (Å²) in [6.45, 7) is -0.290. The van der Waals surface area contributed by atoms with E-state index in [0.717, 1.165) is 38.5 Å². The van der Waals surface area contributed by atoms with Crippen LogP contribution in [0, 0.1) is 17.8 Å². The van der Waals surface area contributed by atoms with Gasteiger partial charge in [0, 0.05) is 13.0 Å². The van der Waals surface area contributed by atoms with Crippen molar-refractivity contribution in [2.45, 2.75) is 80.4 Å². The molecule has 0 atom stereocenters. The van der Waals surface area contributed by atoms with Crippen molar-refractivity contribution in [2.75, 3.05) is 6.61 Å². The Labute approximate surface area is 176 Å². The van der Waals surface area contributed by atoms with Crippen LogP contribution in [-0.2, 0) is 18.8 Å². The van der Waals surface area contributed by atoms with Gasteiger partial charge in [0.15, 0.2) is 0 Å². The Morgan fingerprint density at radius 1 is 0.839 bits per heavy atom. The first-order chi connectivity index (χ1) is 14.2. The summed E-state index contributed by atoms with van der Waals surface area (Å²) >= 11 is -1.59. The van der Waals surface area contributed by atoms with Gasteiger partial charge in [-0.2, -0.15) is 35.1 Å². The molecule has 0 aromatic carbocycles. The van der Waals surface area contributed by atoms with Gasteiger partial charge in [-0.3, -0.25) is 0 Å². The van der Waals surface area contributed by atoms with Crippen molar-refractivity contribution in [2.24, 2.45) is 17.8 Å². The highest BCUT2D eigenvalue weighted by Crippen LogP contribution is 2.57. The predicted molar refractivity (Wildman–Crippen MR) is 89.4 cm³/mol. The zero-order chi connectivity index (χ0) is 23.1. The smallest absolute Gasteiger partial charge is 0.375 e. The van der Waals surface area contributed by atoms with Crippen LogP contribution in [0.2, 0.25) is 0 Å². The standard InChI is InChI=1S/C17H22F8O5S/c18-14(19,15(20,21)28-16(22,23)17(24,25)31-30-29-26)2-1-3-27-13-7-10-4-11(8-13)6-12(5-10)9-13/h10-12,26H,1-9H2. The Hall–Kier alpha value is -0.410. The lowest BCUT2D eigenvalue weighted by atomic mass is 9.54. The molecule has 4 bridgehead atoms. The second kappa shape index (κ2) is 8.75. The lowest BCUT2D eigenvalue weighted by Gasteiger charge is -2.56. The van der Waals surface area contributed by atoms with Gasteiger partial charge in [-0.05, 0) is 62.7 Å². The maximum Gasteiger partial charge on any atom is 0.436 e. The molecule has 4 rings (SSSR count). The van der Waals surface area contributed by atoms with Crippen molar-refractivity contribution >= 4 is 12.0 Å². The van der Waals surface area contributed by atoms with Crippen molar-refractivity contribution in [1.82, 2.24) is 0 Å². The molecule has 0 radical (unpaired) electrons. The topological polar surface area (TPSA) is 57.2 Å². The summed E-state index contributed by atoms with van der Waals surface area (Å²) in [7, 11) is 0. The minimum Gasteiger partial charge on any atom is -0.375 e. The monoisotopic (exact) mass is 490 g/mol. The summed E-state index contributed by atoms with van der Waals surface area (Å²) < 4.78 is 119. The average molecular weight is 490 g/mol. The van der Waals surface area contributed by atoms with Crippen LogP contribution in [0.1, 0.15) is 51.4 Å². The summed E-state index contributed by atoms with van der Waals surface area (Å²) in [6, 6.07) is 0. The highest BCUT2D eigenvalue weighted by Gasteiger charge is 2.69. The summed E-state index contributed by atoms with van der Waals surface area (Å²) in [5, 5.41) is 4.80. The average Bonchev–Trinajstić information content (AvgIpc) is 2.61. The van der Waals surface area contributed by atoms with Gasteiger partial charge in [0.2, 0.25) is 0 Å². The lowest BCUT2D eigenvalue weighted by molar-refractivity contribution is -0.461. The number of ether oxygens (including phenoxy) is 2. The minimum atomic E-state index is -6.07. The molecule has 0 spiro atoms. The summed E-state index contributed by atoms with van der Waals surface area (Å²) in [5.41, 5.74) is -0.454. The Kier molecular flexibility index (Phi) is 7.11. The molecule has 4 fully saturated rings. The van der Waals surface area contributed by atoms with Crippen LogP contribution in [-0.4, -0.2) is 40.9 Å². The van der Waals surface area contributed by atoms with Crippen molar-refractivity contribution in [1.29, 1.82) is 0 Å². The van der Waals surface area contributed by atoms with Gasteiger partial charge in [0.1, 0.15) is 12.0 Å². The molecule has 0 heterocycles. The van der Waals surface area contributed by atoms with Crippen LogP contribution in [0.5, 0.6) is 0 Å². The van der Waals surface area contributed by atoms with Crippen molar-refractivity contribution in [3.05, 3.63) is 0 Å². The van der Waals surface area contributed by atoms with Crippen LogP contribution < -0.4 is 0 Å². The Balaban J connectivity index is 1.51. The first-order valence-electron chi connectivity index (χ1n) is 9.72. The van der Waals surface area contributed by atoms with Gasteiger partial charge in [0.05, 0.1) is 5.60 Å². The minimum absolute atomic E-state index is 0.290. The third-order valence-electron chi connectivity index (χ3n) is 6.22. The van der Waals surface area contributed by atoms with E-state index in [-0.39, 0.29) is 6.61 Å². The first-order valence-corrected chi connectivity index (χ1v) is 10.5. The lowest BCUT2D eigenvalue weighted by Crippen LogP contribution is -2.53. The molecule has 0 aromatic heterocycles. The van der Waals surface area contributed by atoms with E-state index in [1.807, 2.05) is 0 Å². The van der Waals surface area contributed by atoms with Crippen LogP contribution in [0.4, 0.5) is 35.1 Å². The maximum atomic E-state index is 13.8. The van der Waals surface area contributed by atoms with E-state index in [9.17, 15) is 35.1 Å². The molecule has 4 saturated carbocycles. The number of halogens is 8. The number of rotatable bonds is 12. The molecular weight excluding hydrogens is 468 g/mol. The van der Waals surface area contributed by atoms with Gasteiger partial charge in [0.25, 0.3) is 0 Å². The molecule has 0 saturated heterocycles. The molecule has 5 nitrogen and oxygen atoms in total. The second-order valence-corrected chi connectivity index (χ2v) is 9.45. The van der Waals surface area contributed by atoms with E-state index in [1.165, 1.54) is 0 Å². The van der Waals surface area contributed by atoms with Gasteiger partial charge in [-0.1, -0.05) is 5.04 Å². The van der Waals surface area contributed by atoms with Gasteiger partial charge < -0.3 is 4.74 Å². The SMILES string of the molecule is OOOSC(F)(F)C(F)(F)OC(F)(F)C(F)(F)CCCOC12CC3CC(CC(C3)C1)C2. The van der Waals surface area contributed by atoms with E-state index in [4.69, 9.17) is 9.99 Å². The van der Waals surface area contributed by atoms with Gasteiger partial charge >= 0.3 is 23.4 Å². The van der Waals surface area contributed by atoms with Gasteiger partial charge in [-0.15, -0.1) is 4.33 Å². The Morgan fingerprint density at radius 2 is 1.35 bits per heavy atom. The summed E-state index contributed by atoms with van der Waals surface area (Å²) in [6.07, 6.45) is -8.53. The fraction of sp³-hybridized carbons (Fsp3) is 1.00. The van der Waals surface area contributed by atoms with E-state index >= 15 is 0 Å². The highest BCUT2D eigenvalue weighted by atomic mass is 32.2. The van der Waals surface area contributed by atoms with Crippen molar-refractivity contribution < 1.29 is 59.2 Å². The van der Waals surface area contributed by atoms with E-state index in [0.29, 0.717) is 17.8 Å². The zero-order valence-corrected chi connectivity index (χ0v) is 16.9. The molecule has 0 unspecified atom stereocenters. The van der Waals surface area contributed by atoms with Crippen molar-refractivity contribution in [3.8, 4) is 0 Å². The largest absolute Gasteiger partial charge is 0.436 e. The van der Waals surface area contributed by atoms with Crippen LogP contribution in [0.15, 0.2) is 0 Å². The third-order valence-corrected chi connectivity index (χ3v) is 6.79. The van der Waals surface area contributed by atoms with E-state index in [2.05, 4.69) is 14.1 Å². The van der Waals surface area contributed by atoms with E-state index in [1.54, 1.807) is 0 Å². The molecule has 1 N–H and O–H groups in total. The van der Waals surface area contributed by atoms with Crippen LogP contribution >= 0.6 is 12.0 Å². The number of hydrogen-bond acceptors (Lipinski definition) is 6. The van der Waals surface area contributed by atoms with Crippen LogP contribution in [0.3, 0.4) is 0 Å². The van der Waals surface area contributed by atoms with Crippen molar-refractivity contribution in [3.63, 3.8) is 0 Å². The zero-order valence-electron chi connectivity index (χ0n) is 16.1. The number of alkyl halides is 8. The second-order valence-electron chi connectivity index (χ2n) is 8.64. The molecule has 182 valence electrons. The molecule has 0 aliphatic heterocycles. The predicted octanol–water partition coefficient (Wildman–Crippen LogP) is 6.25. The quantitative estimate of drug-likeness (QED) is 0.115. The van der Waals surface area contributed by atoms with E-state index < -0.39 is 53.9 Å². The Morgan fingerprint density at radius 3 is 1.84 bits per heavy atom. The maximum absolute atomic E-state index is 13.8. The molecule has 0 amide bonds. The fourth-order valence-corrected chi connectivity index (χ4v) is 5.59. The molecule has 31 heavy (non-hydrogen) atoms. The third kappa shape index (κ3) is 5.40. The molecule has 14 heteroatoms.